The highest BCUT2D eigenvalue weighted by atomic mass is 16.6. The van der Waals surface area contributed by atoms with Gasteiger partial charge in [-0.1, -0.05) is 0 Å². The van der Waals surface area contributed by atoms with E-state index < -0.39 is 4.92 Å². The highest BCUT2D eigenvalue weighted by molar-refractivity contribution is 5.76. The molecule has 2 rings (SSSR count). The Morgan fingerprint density at radius 2 is 2.22 bits per heavy atom. The predicted molar refractivity (Wildman–Crippen MR) is 63.9 cm³/mol. The second-order valence-corrected chi connectivity index (χ2v) is 4.49. The first kappa shape index (κ1) is 12.3. The number of nitrogens with one attached hydrogen (secondary N) is 1. The first-order valence-electron chi connectivity index (χ1n) is 5.79. The summed E-state index contributed by atoms with van der Waals surface area (Å²) in [6, 6.07) is 3.84. The van der Waals surface area contributed by atoms with E-state index in [1.807, 2.05) is 0 Å². The lowest BCUT2D eigenvalue weighted by Gasteiger charge is -2.06. The van der Waals surface area contributed by atoms with Crippen LogP contribution in [0.25, 0.3) is 0 Å². The number of amides is 1. The minimum Gasteiger partial charge on any atom is -0.507 e. The maximum absolute atomic E-state index is 11.5. The number of phenols is 1. The van der Waals surface area contributed by atoms with E-state index in [9.17, 15) is 20.0 Å². The summed E-state index contributed by atoms with van der Waals surface area (Å²) < 4.78 is 0. The molecular weight excluding hydrogens is 236 g/mol. The van der Waals surface area contributed by atoms with Crippen LogP contribution in [0.3, 0.4) is 0 Å². The predicted octanol–water partition coefficient (Wildman–Crippen LogP) is 1.72. The van der Waals surface area contributed by atoms with Gasteiger partial charge in [0.1, 0.15) is 5.75 Å². The largest absolute Gasteiger partial charge is 0.507 e. The first-order chi connectivity index (χ1) is 8.56. The quantitative estimate of drug-likeness (QED) is 0.614. The maximum atomic E-state index is 11.5. The minimum atomic E-state index is -0.574. The van der Waals surface area contributed by atoms with Gasteiger partial charge in [0.05, 0.1) is 11.0 Å². The molecule has 6 nitrogen and oxygen atoms in total. The van der Waals surface area contributed by atoms with E-state index >= 15 is 0 Å². The lowest BCUT2D eigenvalue weighted by Crippen LogP contribution is -2.22. The van der Waals surface area contributed by atoms with Gasteiger partial charge < -0.3 is 10.4 Å². The second kappa shape index (κ2) is 5.03. The van der Waals surface area contributed by atoms with Gasteiger partial charge in [-0.05, 0) is 24.8 Å². The van der Waals surface area contributed by atoms with E-state index in [4.69, 9.17) is 0 Å². The number of carbonyl (C=O) groups excluding carboxylic acids is 1. The zero-order valence-corrected chi connectivity index (χ0v) is 9.76. The van der Waals surface area contributed by atoms with Crippen molar-refractivity contribution in [3.05, 3.63) is 33.9 Å². The molecule has 96 valence electrons. The van der Waals surface area contributed by atoms with Gasteiger partial charge in [0, 0.05) is 24.6 Å². The average Bonchev–Trinajstić information content (AvgIpc) is 3.11. The van der Waals surface area contributed by atoms with Gasteiger partial charge in [-0.15, -0.1) is 0 Å². The van der Waals surface area contributed by atoms with Gasteiger partial charge in [0.2, 0.25) is 5.91 Å². The summed E-state index contributed by atoms with van der Waals surface area (Å²) >= 11 is 0. The SMILES string of the molecule is O=C(CC1CC1)NCc1ccc([N+](=O)[O-])cc1O. The van der Waals surface area contributed by atoms with Crippen molar-refractivity contribution in [2.45, 2.75) is 25.8 Å². The molecule has 2 N–H and O–H groups in total. The third-order valence-corrected chi connectivity index (χ3v) is 2.93. The molecule has 1 aliphatic rings. The lowest BCUT2D eigenvalue weighted by molar-refractivity contribution is -0.384. The number of nitrogens with zero attached hydrogens (tertiary/aromatic N) is 1. The lowest BCUT2D eigenvalue weighted by atomic mass is 10.1. The van der Waals surface area contributed by atoms with Gasteiger partial charge in [0.15, 0.2) is 0 Å². The summed E-state index contributed by atoms with van der Waals surface area (Å²) in [6.07, 6.45) is 2.74. The molecule has 1 aliphatic carbocycles. The van der Waals surface area contributed by atoms with Gasteiger partial charge in [0.25, 0.3) is 5.69 Å². The van der Waals surface area contributed by atoms with E-state index in [1.54, 1.807) is 0 Å². The Labute approximate surface area is 104 Å². The molecule has 0 bridgehead atoms. The topological polar surface area (TPSA) is 92.5 Å². The fraction of sp³-hybridized carbons (Fsp3) is 0.417. The maximum Gasteiger partial charge on any atom is 0.273 e. The number of benzene rings is 1. The molecule has 0 aliphatic heterocycles. The zero-order chi connectivity index (χ0) is 13.1. The van der Waals surface area contributed by atoms with Crippen LogP contribution in [0.5, 0.6) is 5.75 Å². The first-order valence-corrected chi connectivity index (χ1v) is 5.79. The van der Waals surface area contributed by atoms with Crippen molar-refractivity contribution in [3.63, 3.8) is 0 Å². The molecule has 0 radical (unpaired) electrons. The Kier molecular flexibility index (Phi) is 3.45. The molecule has 1 fully saturated rings. The monoisotopic (exact) mass is 250 g/mol. The molecule has 0 atom stereocenters. The zero-order valence-electron chi connectivity index (χ0n) is 9.76. The van der Waals surface area contributed by atoms with Crippen LogP contribution in [0.2, 0.25) is 0 Å². The van der Waals surface area contributed by atoms with Gasteiger partial charge in [-0.25, -0.2) is 0 Å². The number of phenolic OH excluding ortho intramolecular Hbond substituents is 1. The summed E-state index contributed by atoms with van der Waals surface area (Å²) in [6.45, 7) is 0.190. The van der Waals surface area contributed by atoms with Crippen molar-refractivity contribution < 1.29 is 14.8 Å². The highest BCUT2D eigenvalue weighted by Crippen LogP contribution is 2.32. The Morgan fingerprint density at radius 1 is 1.50 bits per heavy atom. The summed E-state index contributed by atoms with van der Waals surface area (Å²) in [5, 5.41) is 22.8. The Bertz CT molecular complexity index is 483. The Balaban J connectivity index is 1.92. The molecular formula is C12H14N2O4. The number of nitro groups is 1. The number of hydrogen-bond donors (Lipinski definition) is 2. The van der Waals surface area contributed by atoms with Gasteiger partial charge in [-0.2, -0.15) is 0 Å². The van der Waals surface area contributed by atoms with E-state index in [1.165, 1.54) is 12.1 Å². The van der Waals surface area contributed by atoms with Crippen LogP contribution in [-0.4, -0.2) is 15.9 Å². The molecule has 1 aromatic carbocycles. The van der Waals surface area contributed by atoms with Gasteiger partial charge >= 0.3 is 0 Å². The normalized spacial score (nSPS) is 14.2. The molecule has 0 heterocycles. The van der Waals surface area contributed by atoms with Crippen LogP contribution in [-0.2, 0) is 11.3 Å². The van der Waals surface area contributed by atoms with Crippen LogP contribution >= 0.6 is 0 Å². The van der Waals surface area contributed by atoms with Crippen LogP contribution < -0.4 is 5.32 Å². The number of carbonyl (C=O) groups is 1. The summed E-state index contributed by atoms with van der Waals surface area (Å²) in [5.41, 5.74) is 0.310. The van der Waals surface area contributed by atoms with E-state index in [-0.39, 0.29) is 23.9 Å². The van der Waals surface area contributed by atoms with Crippen LogP contribution in [0, 0.1) is 16.0 Å². The van der Waals surface area contributed by atoms with Crippen molar-refractivity contribution in [1.29, 1.82) is 0 Å². The molecule has 1 aromatic rings. The molecule has 0 aromatic heterocycles. The van der Waals surface area contributed by atoms with Crippen molar-refractivity contribution in [3.8, 4) is 5.75 Å². The van der Waals surface area contributed by atoms with E-state index in [0.29, 0.717) is 17.9 Å². The van der Waals surface area contributed by atoms with Crippen LogP contribution in [0.4, 0.5) is 5.69 Å². The number of rotatable bonds is 5. The minimum absolute atomic E-state index is 0.0461. The molecule has 0 saturated heterocycles. The van der Waals surface area contributed by atoms with Crippen molar-refractivity contribution >= 4 is 11.6 Å². The second-order valence-electron chi connectivity index (χ2n) is 4.49. The molecule has 0 unspecified atom stereocenters. The fourth-order valence-corrected chi connectivity index (χ4v) is 1.67. The van der Waals surface area contributed by atoms with Gasteiger partial charge in [-0.3, -0.25) is 14.9 Å². The standard InChI is InChI=1S/C12H14N2O4/c15-11-6-10(14(17)18)4-3-9(11)7-13-12(16)5-8-1-2-8/h3-4,6,8,15H,1-2,5,7H2,(H,13,16). The Morgan fingerprint density at radius 3 is 2.78 bits per heavy atom. The number of aromatic hydroxyl groups is 1. The smallest absolute Gasteiger partial charge is 0.273 e. The molecule has 6 heteroatoms. The third-order valence-electron chi connectivity index (χ3n) is 2.93. The molecule has 18 heavy (non-hydrogen) atoms. The van der Waals surface area contributed by atoms with Crippen LogP contribution in [0.1, 0.15) is 24.8 Å². The van der Waals surface area contributed by atoms with Crippen molar-refractivity contribution in [2.24, 2.45) is 5.92 Å². The number of hydrogen-bond acceptors (Lipinski definition) is 4. The summed E-state index contributed by atoms with van der Waals surface area (Å²) in [5.74, 6) is 0.293. The van der Waals surface area contributed by atoms with E-state index in [2.05, 4.69) is 5.32 Å². The summed E-state index contributed by atoms with van der Waals surface area (Å²) in [7, 11) is 0. The average molecular weight is 250 g/mol. The van der Waals surface area contributed by atoms with Crippen molar-refractivity contribution in [2.75, 3.05) is 0 Å². The number of nitro benzene ring substituents is 1. The van der Waals surface area contributed by atoms with Crippen molar-refractivity contribution in [1.82, 2.24) is 5.32 Å². The molecule has 0 spiro atoms. The highest BCUT2D eigenvalue weighted by Gasteiger charge is 2.24. The molecule has 1 saturated carbocycles. The number of non-ortho nitro benzene ring substituents is 1. The Hall–Kier alpha value is -2.11. The van der Waals surface area contributed by atoms with Crippen LogP contribution in [0.15, 0.2) is 18.2 Å². The third kappa shape index (κ3) is 3.19. The molecule has 1 amide bonds. The van der Waals surface area contributed by atoms with E-state index in [0.717, 1.165) is 18.9 Å². The fourth-order valence-electron chi connectivity index (χ4n) is 1.67. The summed E-state index contributed by atoms with van der Waals surface area (Å²) in [4.78, 5) is 21.4.